The number of fused-ring (bicyclic) bond motifs is 1. The van der Waals surface area contributed by atoms with Gasteiger partial charge < -0.3 is 15.4 Å². The Morgan fingerprint density at radius 2 is 1.96 bits per heavy atom. The third kappa shape index (κ3) is 6.70. The minimum absolute atomic E-state index is 0.134. The van der Waals surface area contributed by atoms with Gasteiger partial charge >= 0.3 is 5.97 Å². The van der Waals surface area contributed by atoms with Gasteiger partial charge in [-0.3, -0.25) is 14.4 Å². The maximum absolute atomic E-state index is 12.2. The Balaban J connectivity index is 1.71. The summed E-state index contributed by atoms with van der Waals surface area (Å²) in [6.45, 7) is 0.188. The van der Waals surface area contributed by atoms with Crippen LogP contribution >= 0.6 is 11.3 Å². The maximum Gasteiger partial charge on any atom is 0.323 e. The van der Waals surface area contributed by atoms with Crippen LogP contribution in [0.3, 0.4) is 0 Å². The van der Waals surface area contributed by atoms with Crippen LogP contribution in [0.15, 0.2) is 30.3 Å². The molecular weight excluding hydrogens is 402 g/mol. The summed E-state index contributed by atoms with van der Waals surface area (Å²) in [4.78, 5) is 36.2. The lowest BCUT2D eigenvalue weighted by Gasteiger charge is -2.14. The van der Waals surface area contributed by atoms with Gasteiger partial charge in [0.05, 0.1) is 29.5 Å². The lowest BCUT2D eigenvalue weighted by molar-refractivity contribution is -0.142. The van der Waals surface area contributed by atoms with Gasteiger partial charge in [0.1, 0.15) is 6.04 Å². The Hall–Kier alpha value is -2.30. The van der Waals surface area contributed by atoms with Gasteiger partial charge in [-0.1, -0.05) is 18.2 Å². The van der Waals surface area contributed by atoms with Crippen LogP contribution in [0.5, 0.6) is 0 Å². The summed E-state index contributed by atoms with van der Waals surface area (Å²) in [6, 6.07) is 8.79. The van der Waals surface area contributed by atoms with E-state index in [0.29, 0.717) is 24.3 Å². The van der Waals surface area contributed by atoms with Crippen molar-refractivity contribution in [3.05, 3.63) is 35.2 Å². The fraction of sp³-hybridized carbons (Fsp3) is 0.389. The second-order valence-corrected chi connectivity index (χ2v) is 8.20. The van der Waals surface area contributed by atoms with Crippen molar-refractivity contribution >= 4 is 50.2 Å². The van der Waals surface area contributed by atoms with E-state index in [-0.39, 0.29) is 18.4 Å². The molecule has 0 aliphatic carbocycles. The molecule has 8 nitrogen and oxygen atoms in total. The molecule has 28 heavy (non-hydrogen) atoms. The first-order chi connectivity index (χ1) is 13.4. The van der Waals surface area contributed by atoms with E-state index in [1.54, 1.807) is 6.07 Å². The monoisotopic (exact) mass is 425 g/mol. The summed E-state index contributed by atoms with van der Waals surface area (Å²) in [5.41, 5.74) is 0. The minimum atomic E-state index is -1.35. The topological polar surface area (TPSA) is 114 Å². The zero-order valence-corrected chi connectivity index (χ0v) is 17.3. The number of amides is 2. The molecule has 3 N–H and O–H groups in total. The number of carbonyl (C=O) groups excluding carboxylic acids is 3. The normalized spacial score (nSPS) is 12.9. The molecule has 0 bridgehead atoms. The van der Waals surface area contributed by atoms with Crippen molar-refractivity contribution in [3.8, 4) is 0 Å². The van der Waals surface area contributed by atoms with Gasteiger partial charge in [-0.15, -0.1) is 11.3 Å². The smallest absolute Gasteiger partial charge is 0.323 e. The van der Waals surface area contributed by atoms with Crippen LogP contribution < -0.4 is 15.4 Å². The predicted molar refractivity (Wildman–Crippen MR) is 109 cm³/mol. The van der Waals surface area contributed by atoms with Crippen molar-refractivity contribution in [1.29, 1.82) is 0 Å². The second-order valence-electron chi connectivity index (χ2n) is 5.97. The number of thiophene rings is 1. The molecule has 2 aromatic rings. The van der Waals surface area contributed by atoms with Crippen molar-refractivity contribution in [3.63, 3.8) is 0 Å². The van der Waals surface area contributed by atoms with Gasteiger partial charge in [-0.25, -0.2) is 8.93 Å². The van der Waals surface area contributed by atoms with E-state index in [4.69, 9.17) is 0 Å². The number of nitrogens with one attached hydrogen (secondary N) is 3. The highest BCUT2D eigenvalue weighted by Crippen LogP contribution is 2.24. The van der Waals surface area contributed by atoms with Gasteiger partial charge in [0.15, 0.2) is 0 Å². The highest BCUT2D eigenvalue weighted by molar-refractivity contribution is 7.82. The van der Waals surface area contributed by atoms with Crippen molar-refractivity contribution in [2.24, 2.45) is 0 Å². The van der Waals surface area contributed by atoms with Crippen molar-refractivity contribution < 1.29 is 23.3 Å². The van der Waals surface area contributed by atoms with E-state index in [9.17, 15) is 18.6 Å². The van der Waals surface area contributed by atoms with Gasteiger partial charge in [-0.2, -0.15) is 0 Å². The Bertz CT molecular complexity index is 835. The summed E-state index contributed by atoms with van der Waals surface area (Å²) < 4.78 is 19.5. The molecular formula is C18H23N3O5S2. The molecule has 2 amide bonds. The molecule has 1 heterocycles. The first-order valence-corrected chi connectivity index (χ1v) is 11.0. The fourth-order valence-corrected chi connectivity index (χ4v) is 4.10. The van der Waals surface area contributed by atoms with E-state index in [1.165, 1.54) is 24.7 Å². The molecule has 2 rings (SSSR count). The third-order valence-electron chi connectivity index (χ3n) is 3.84. The van der Waals surface area contributed by atoms with Gasteiger partial charge in [0.2, 0.25) is 5.91 Å². The number of benzene rings is 1. The molecule has 0 saturated carbocycles. The van der Waals surface area contributed by atoms with E-state index in [1.807, 2.05) is 24.3 Å². The summed E-state index contributed by atoms with van der Waals surface area (Å²) in [6.07, 6.45) is 2.28. The molecule has 0 aliphatic rings. The van der Waals surface area contributed by atoms with E-state index in [0.717, 1.165) is 10.1 Å². The quantitative estimate of drug-likeness (QED) is 0.387. The number of hydrogen-bond donors (Lipinski definition) is 3. The van der Waals surface area contributed by atoms with Crippen LogP contribution in [0.2, 0.25) is 0 Å². The van der Waals surface area contributed by atoms with E-state index < -0.39 is 23.0 Å². The van der Waals surface area contributed by atoms with Crippen LogP contribution in [0, 0.1) is 0 Å². The van der Waals surface area contributed by atoms with Crippen LogP contribution in [0.1, 0.15) is 22.5 Å². The number of methoxy groups -OCH3 is 1. The molecule has 0 fully saturated rings. The summed E-state index contributed by atoms with van der Waals surface area (Å²) in [7, 11) is -0.0889. The van der Waals surface area contributed by atoms with Crippen LogP contribution in [-0.4, -0.2) is 54.5 Å². The average Bonchev–Trinajstić information content (AvgIpc) is 3.11. The number of ether oxygens (including phenoxy) is 1. The van der Waals surface area contributed by atoms with Gasteiger partial charge in [0, 0.05) is 17.5 Å². The highest BCUT2D eigenvalue weighted by Gasteiger charge is 2.19. The Morgan fingerprint density at radius 1 is 1.21 bits per heavy atom. The predicted octanol–water partition coefficient (Wildman–Crippen LogP) is 0.952. The van der Waals surface area contributed by atoms with Crippen molar-refractivity contribution in [2.45, 2.75) is 18.9 Å². The highest BCUT2D eigenvalue weighted by atomic mass is 32.2. The summed E-state index contributed by atoms with van der Waals surface area (Å²) in [5, 5.41) is 6.26. The molecule has 2 atom stereocenters. The molecule has 1 aromatic heterocycles. The lowest BCUT2D eigenvalue weighted by atomic mass is 10.2. The second kappa shape index (κ2) is 10.9. The number of esters is 1. The summed E-state index contributed by atoms with van der Waals surface area (Å²) in [5.74, 6) is -1.12. The first kappa shape index (κ1) is 22.0. The molecule has 0 saturated heterocycles. The molecule has 0 radical (unpaired) electrons. The maximum atomic E-state index is 12.2. The Morgan fingerprint density at radius 3 is 2.64 bits per heavy atom. The number of rotatable bonds is 10. The summed E-state index contributed by atoms with van der Waals surface area (Å²) >= 11 is 1.37. The zero-order valence-electron chi connectivity index (χ0n) is 15.7. The lowest BCUT2D eigenvalue weighted by Crippen LogP contribution is -2.40. The minimum Gasteiger partial charge on any atom is -0.468 e. The fourth-order valence-electron chi connectivity index (χ4n) is 2.51. The van der Waals surface area contributed by atoms with E-state index in [2.05, 4.69) is 20.1 Å². The van der Waals surface area contributed by atoms with E-state index >= 15 is 0 Å². The molecule has 0 aliphatic heterocycles. The number of carbonyl (C=O) groups is 3. The first-order valence-electron chi connectivity index (χ1n) is 8.61. The van der Waals surface area contributed by atoms with Crippen LogP contribution in [-0.2, 0) is 25.3 Å². The van der Waals surface area contributed by atoms with Gasteiger partial charge in [-0.05, 0) is 30.4 Å². The zero-order chi connectivity index (χ0) is 20.5. The largest absolute Gasteiger partial charge is 0.468 e. The number of hydrogen-bond acceptors (Lipinski definition) is 6. The molecule has 2 unspecified atom stereocenters. The molecule has 1 aromatic carbocycles. The van der Waals surface area contributed by atoms with Crippen molar-refractivity contribution in [2.75, 3.05) is 26.5 Å². The SMILES string of the molecule is COC(=O)C(CCCNC(=O)CNC(=O)c1cc2ccccc2s1)NS(C)=O. The standard InChI is InChI=1S/C18H23N3O5S2/c1-26-18(24)13(21-28(2)25)7-5-9-19-16(22)11-20-17(23)15-10-12-6-3-4-8-14(12)27-15/h3-4,6,8,10,13,21H,5,7,9,11H2,1-2H3,(H,19,22)(H,20,23). The van der Waals surface area contributed by atoms with Gasteiger partial charge in [0.25, 0.3) is 5.91 Å². The van der Waals surface area contributed by atoms with Crippen LogP contribution in [0.25, 0.3) is 10.1 Å². The molecule has 10 heteroatoms. The Kier molecular flexibility index (Phi) is 8.55. The molecule has 152 valence electrons. The van der Waals surface area contributed by atoms with Crippen LogP contribution in [0.4, 0.5) is 0 Å². The molecule has 0 spiro atoms. The average molecular weight is 426 g/mol. The van der Waals surface area contributed by atoms with Crippen molar-refractivity contribution in [1.82, 2.24) is 15.4 Å². The third-order valence-corrected chi connectivity index (χ3v) is 5.58. The Labute approximate surface area is 169 Å².